The number of aliphatic hydroxyl groups is 1. The van der Waals surface area contributed by atoms with Crippen molar-refractivity contribution in [2.24, 2.45) is 0 Å². The van der Waals surface area contributed by atoms with Gasteiger partial charge in [-0.2, -0.15) is 11.8 Å². The third-order valence-electron chi connectivity index (χ3n) is 2.70. The van der Waals surface area contributed by atoms with Crippen molar-refractivity contribution in [1.82, 2.24) is 5.32 Å². The van der Waals surface area contributed by atoms with E-state index in [1.54, 1.807) is 0 Å². The zero-order chi connectivity index (χ0) is 10.2. The van der Waals surface area contributed by atoms with Gasteiger partial charge in [0, 0.05) is 17.8 Å². The predicted molar refractivity (Wildman–Crippen MR) is 57.3 cm³/mol. The van der Waals surface area contributed by atoms with Crippen LogP contribution in [-0.2, 0) is 9.84 Å². The van der Waals surface area contributed by atoms with Crippen molar-refractivity contribution in [2.45, 2.75) is 24.6 Å². The quantitative estimate of drug-likeness (QED) is 0.661. The maximum absolute atomic E-state index is 11.2. The molecule has 2 aliphatic rings. The SMILES string of the molecule is O=S1(=O)CC(O)C(NC2CCSC2)C1. The Labute approximate surface area is 88.4 Å². The van der Waals surface area contributed by atoms with Gasteiger partial charge in [-0.15, -0.1) is 0 Å². The summed E-state index contributed by atoms with van der Waals surface area (Å²) in [5.41, 5.74) is 0. The van der Waals surface area contributed by atoms with Crippen LogP contribution >= 0.6 is 11.8 Å². The lowest BCUT2D eigenvalue weighted by atomic mass is 10.1. The van der Waals surface area contributed by atoms with Crippen LogP contribution in [0.3, 0.4) is 0 Å². The highest BCUT2D eigenvalue weighted by Gasteiger charge is 2.37. The van der Waals surface area contributed by atoms with Crippen LogP contribution < -0.4 is 5.32 Å². The predicted octanol–water partition coefficient (Wildman–Crippen LogP) is -0.761. The van der Waals surface area contributed by atoms with Crippen molar-refractivity contribution in [3.05, 3.63) is 0 Å². The van der Waals surface area contributed by atoms with E-state index in [2.05, 4.69) is 5.32 Å². The fourth-order valence-corrected chi connectivity index (χ4v) is 4.88. The van der Waals surface area contributed by atoms with Gasteiger partial charge in [-0.1, -0.05) is 0 Å². The maximum atomic E-state index is 11.2. The molecule has 2 N–H and O–H groups in total. The molecule has 0 spiro atoms. The van der Waals surface area contributed by atoms with Crippen molar-refractivity contribution in [2.75, 3.05) is 23.0 Å². The molecule has 0 aromatic heterocycles. The molecule has 0 amide bonds. The zero-order valence-corrected chi connectivity index (χ0v) is 9.48. The maximum Gasteiger partial charge on any atom is 0.154 e. The first-order chi connectivity index (χ1) is 6.57. The summed E-state index contributed by atoms with van der Waals surface area (Å²) < 4.78 is 22.4. The Morgan fingerprint density at radius 1 is 1.36 bits per heavy atom. The van der Waals surface area contributed by atoms with Crippen LogP contribution in [0.1, 0.15) is 6.42 Å². The number of hydrogen-bond acceptors (Lipinski definition) is 5. The Hall–Kier alpha value is 0.220. The monoisotopic (exact) mass is 237 g/mol. The minimum Gasteiger partial charge on any atom is -0.390 e. The Morgan fingerprint density at radius 3 is 2.64 bits per heavy atom. The fraction of sp³-hybridized carbons (Fsp3) is 1.00. The van der Waals surface area contributed by atoms with Gasteiger partial charge in [-0.25, -0.2) is 8.42 Å². The average Bonchev–Trinajstić information content (AvgIpc) is 2.61. The Bertz CT molecular complexity index is 298. The first-order valence-electron chi connectivity index (χ1n) is 4.79. The van der Waals surface area contributed by atoms with Gasteiger partial charge in [0.15, 0.2) is 9.84 Å². The standard InChI is InChI=1S/C8H15NO3S2/c10-8-5-14(11,12)4-7(8)9-6-1-2-13-3-6/h6-10H,1-5H2. The van der Waals surface area contributed by atoms with Crippen LogP contribution in [-0.4, -0.2) is 54.7 Å². The molecule has 6 heteroatoms. The van der Waals surface area contributed by atoms with Crippen LogP contribution in [0.25, 0.3) is 0 Å². The molecule has 3 unspecified atom stereocenters. The molecule has 2 heterocycles. The molecular formula is C8H15NO3S2. The molecule has 82 valence electrons. The molecule has 2 aliphatic heterocycles. The van der Waals surface area contributed by atoms with Crippen LogP contribution in [0, 0.1) is 0 Å². The Balaban J connectivity index is 1.92. The van der Waals surface area contributed by atoms with Crippen LogP contribution in [0.2, 0.25) is 0 Å². The van der Waals surface area contributed by atoms with Gasteiger partial charge in [-0.3, -0.25) is 0 Å². The largest absolute Gasteiger partial charge is 0.390 e. The average molecular weight is 237 g/mol. The number of aliphatic hydroxyl groups excluding tert-OH is 1. The summed E-state index contributed by atoms with van der Waals surface area (Å²) in [7, 11) is -3.01. The van der Waals surface area contributed by atoms with E-state index in [1.165, 1.54) is 0 Å². The summed E-state index contributed by atoms with van der Waals surface area (Å²) in [6, 6.07) is 0.136. The van der Waals surface area contributed by atoms with Crippen LogP contribution in [0.5, 0.6) is 0 Å². The van der Waals surface area contributed by atoms with E-state index in [0.29, 0.717) is 6.04 Å². The molecule has 0 bridgehead atoms. The molecule has 0 aromatic rings. The number of rotatable bonds is 2. The molecule has 14 heavy (non-hydrogen) atoms. The third kappa shape index (κ3) is 2.42. The van der Waals surface area contributed by atoms with Gasteiger partial charge >= 0.3 is 0 Å². The van der Waals surface area contributed by atoms with Gasteiger partial charge < -0.3 is 10.4 Å². The highest BCUT2D eigenvalue weighted by Crippen LogP contribution is 2.20. The van der Waals surface area contributed by atoms with E-state index in [1.807, 2.05) is 11.8 Å². The van der Waals surface area contributed by atoms with E-state index in [4.69, 9.17) is 0 Å². The summed E-state index contributed by atoms with van der Waals surface area (Å²) in [6.45, 7) is 0. The zero-order valence-electron chi connectivity index (χ0n) is 7.85. The van der Waals surface area contributed by atoms with Crippen molar-refractivity contribution < 1.29 is 13.5 Å². The second-order valence-electron chi connectivity index (χ2n) is 3.98. The third-order valence-corrected chi connectivity index (χ3v) is 5.58. The molecule has 4 nitrogen and oxygen atoms in total. The van der Waals surface area contributed by atoms with Crippen molar-refractivity contribution >= 4 is 21.6 Å². The highest BCUT2D eigenvalue weighted by molar-refractivity contribution is 7.99. The van der Waals surface area contributed by atoms with Crippen LogP contribution in [0.4, 0.5) is 0 Å². The summed E-state index contributed by atoms with van der Waals surface area (Å²) >= 11 is 1.87. The Morgan fingerprint density at radius 2 is 2.14 bits per heavy atom. The van der Waals surface area contributed by atoms with Crippen LogP contribution in [0.15, 0.2) is 0 Å². The molecule has 2 rings (SSSR count). The Kier molecular flexibility index (Phi) is 3.06. The number of thioether (sulfide) groups is 1. The normalized spacial score (nSPS) is 41.6. The second kappa shape index (κ2) is 4.00. The summed E-state index contributed by atoms with van der Waals surface area (Å²) in [4.78, 5) is 0. The molecule has 2 fully saturated rings. The second-order valence-corrected chi connectivity index (χ2v) is 7.28. The molecule has 2 saturated heterocycles. The summed E-state index contributed by atoms with van der Waals surface area (Å²) in [5, 5.41) is 12.8. The van der Waals surface area contributed by atoms with Gasteiger partial charge in [-0.05, 0) is 12.2 Å². The molecule has 0 aliphatic carbocycles. The summed E-state index contributed by atoms with van der Waals surface area (Å²) in [5.74, 6) is 2.18. The van der Waals surface area contributed by atoms with E-state index < -0.39 is 15.9 Å². The number of nitrogens with one attached hydrogen (secondary N) is 1. The van der Waals surface area contributed by atoms with Gasteiger partial charge in [0.25, 0.3) is 0 Å². The van der Waals surface area contributed by atoms with Gasteiger partial charge in [0.1, 0.15) is 0 Å². The topological polar surface area (TPSA) is 66.4 Å². The number of hydrogen-bond donors (Lipinski definition) is 2. The smallest absolute Gasteiger partial charge is 0.154 e. The van der Waals surface area contributed by atoms with E-state index in [-0.39, 0.29) is 17.5 Å². The van der Waals surface area contributed by atoms with E-state index in [0.717, 1.165) is 17.9 Å². The molecule has 0 aromatic carbocycles. The van der Waals surface area contributed by atoms with Gasteiger partial charge in [0.2, 0.25) is 0 Å². The van der Waals surface area contributed by atoms with Gasteiger partial charge in [0.05, 0.1) is 17.6 Å². The van der Waals surface area contributed by atoms with Crippen molar-refractivity contribution in [1.29, 1.82) is 0 Å². The lowest BCUT2D eigenvalue weighted by Crippen LogP contribution is -2.45. The molecular weight excluding hydrogens is 222 g/mol. The highest BCUT2D eigenvalue weighted by atomic mass is 32.2. The van der Waals surface area contributed by atoms with E-state index in [9.17, 15) is 13.5 Å². The molecule has 3 atom stereocenters. The first-order valence-corrected chi connectivity index (χ1v) is 7.77. The molecule has 0 saturated carbocycles. The van der Waals surface area contributed by atoms with Crippen molar-refractivity contribution in [3.63, 3.8) is 0 Å². The first kappa shape index (κ1) is 10.7. The van der Waals surface area contributed by atoms with Crippen molar-refractivity contribution in [3.8, 4) is 0 Å². The fourth-order valence-electron chi connectivity index (χ4n) is 1.96. The lowest BCUT2D eigenvalue weighted by molar-refractivity contribution is 0.161. The number of sulfone groups is 1. The summed E-state index contributed by atoms with van der Waals surface area (Å²) in [6.07, 6.45) is 0.360. The molecule has 0 radical (unpaired) electrons. The van der Waals surface area contributed by atoms with E-state index >= 15 is 0 Å². The minimum atomic E-state index is -3.01. The minimum absolute atomic E-state index is 0.0788. The lowest BCUT2D eigenvalue weighted by Gasteiger charge is -2.19.